The molecule has 0 unspecified atom stereocenters. The topological polar surface area (TPSA) is 151 Å². The van der Waals surface area contributed by atoms with Gasteiger partial charge in [0.15, 0.2) is 0 Å². The monoisotopic (exact) mass is 442 g/mol. The van der Waals surface area contributed by atoms with E-state index in [1.54, 1.807) is 12.1 Å². The van der Waals surface area contributed by atoms with Crippen LogP contribution in [0.2, 0.25) is 0 Å². The Hall–Kier alpha value is -3.90. The Morgan fingerprint density at radius 2 is 1.12 bits per heavy atom. The summed E-state index contributed by atoms with van der Waals surface area (Å²) in [6.07, 6.45) is 0. The van der Waals surface area contributed by atoms with Gasteiger partial charge in [-0.05, 0) is 12.1 Å². The molecule has 0 radical (unpaired) electrons. The predicted octanol–water partition coefficient (Wildman–Crippen LogP) is 1.70. The predicted molar refractivity (Wildman–Crippen MR) is 116 cm³/mol. The third-order valence-corrected chi connectivity index (χ3v) is 4.88. The molecule has 1 aliphatic rings. The number of hydrogen-bond acceptors (Lipinski definition) is 8. The number of carbonyl (C=O) groups is 2. The zero-order chi connectivity index (χ0) is 23.1. The van der Waals surface area contributed by atoms with Gasteiger partial charge >= 0.3 is 0 Å². The molecule has 2 aromatic carbocycles. The zero-order valence-electron chi connectivity index (χ0n) is 17.1. The van der Waals surface area contributed by atoms with E-state index in [9.17, 15) is 29.8 Å². The molecule has 168 valence electrons. The molecule has 0 aromatic heterocycles. The van der Waals surface area contributed by atoms with E-state index >= 15 is 0 Å². The molecule has 0 saturated carbocycles. The quantitative estimate of drug-likeness (QED) is 0.463. The molecule has 32 heavy (non-hydrogen) atoms. The average molecular weight is 442 g/mol. The molecular weight excluding hydrogens is 420 g/mol. The summed E-state index contributed by atoms with van der Waals surface area (Å²) >= 11 is 0. The van der Waals surface area contributed by atoms with Gasteiger partial charge in [-0.25, -0.2) is 0 Å². The lowest BCUT2D eigenvalue weighted by atomic mass is 10.2. The molecular formula is C20H22N6O6. The summed E-state index contributed by atoms with van der Waals surface area (Å²) in [5.74, 6) is -0.551. The van der Waals surface area contributed by atoms with Crippen LogP contribution in [0.15, 0.2) is 48.5 Å². The Balaban J connectivity index is 1.42. The first-order valence-corrected chi connectivity index (χ1v) is 9.83. The molecule has 2 aromatic rings. The van der Waals surface area contributed by atoms with E-state index in [0.29, 0.717) is 37.6 Å². The second kappa shape index (κ2) is 10.4. The summed E-state index contributed by atoms with van der Waals surface area (Å²) in [6, 6.07) is 11.5. The number of amides is 2. The first-order valence-electron chi connectivity index (χ1n) is 9.83. The molecule has 0 spiro atoms. The number of anilines is 2. The fourth-order valence-corrected chi connectivity index (χ4v) is 3.31. The van der Waals surface area contributed by atoms with Crippen LogP contribution in [0, 0.1) is 20.2 Å². The molecule has 0 atom stereocenters. The highest BCUT2D eigenvalue weighted by Gasteiger charge is 2.21. The molecule has 0 aliphatic carbocycles. The van der Waals surface area contributed by atoms with Crippen molar-refractivity contribution >= 4 is 34.6 Å². The van der Waals surface area contributed by atoms with Crippen molar-refractivity contribution in [2.75, 3.05) is 49.9 Å². The number of benzene rings is 2. The Bertz CT molecular complexity index is 940. The standard InChI is InChI=1S/C20H22N6O6/c27-19(21-15-3-1-5-17(11-15)25(29)30)13-23-7-9-24(10-8-23)14-20(28)22-16-4-2-6-18(12-16)26(31)32/h1-6,11-12H,7-10,13-14H2,(H,21,27)(H,22,28). The van der Waals surface area contributed by atoms with Gasteiger partial charge in [0.25, 0.3) is 11.4 Å². The Kier molecular flexibility index (Phi) is 7.41. The second-order valence-electron chi connectivity index (χ2n) is 7.26. The minimum absolute atomic E-state index is 0.0974. The van der Waals surface area contributed by atoms with E-state index in [2.05, 4.69) is 10.6 Å². The van der Waals surface area contributed by atoms with Crippen molar-refractivity contribution in [2.45, 2.75) is 0 Å². The molecule has 1 fully saturated rings. The van der Waals surface area contributed by atoms with Crippen LogP contribution in [0.4, 0.5) is 22.7 Å². The second-order valence-corrected chi connectivity index (χ2v) is 7.26. The number of nitrogens with zero attached hydrogens (tertiary/aromatic N) is 4. The van der Waals surface area contributed by atoms with E-state index in [-0.39, 0.29) is 36.3 Å². The van der Waals surface area contributed by atoms with Gasteiger partial charge in [-0.1, -0.05) is 12.1 Å². The van der Waals surface area contributed by atoms with Gasteiger partial charge in [0.05, 0.1) is 22.9 Å². The van der Waals surface area contributed by atoms with Crippen molar-refractivity contribution < 1.29 is 19.4 Å². The third-order valence-electron chi connectivity index (χ3n) is 4.88. The van der Waals surface area contributed by atoms with Crippen LogP contribution in [0.5, 0.6) is 0 Å². The summed E-state index contributed by atoms with van der Waals surface area (Å²) < 4.78 is 0. The lowest BCUT2D eigenvalue weighted by molar-refractivity contribution is -0.385. The first-order chi connectivity index (χ1) is 15.3. The van der Waals surface area contributed by atoms with Gasteiger partial charge in [0.1, 0.15) is 0 Å². The SMILES string of the molecule is O=C(CN1CCN(CC(=O)Nc2cccc([N+](=O)[O-])c2)CC1)Nc1cccc([N+](=O)[O-])c1. The number of nitrogens with one attached hydrogen (secondary N) is 2. The van der Waals surface area contributed by atoms with Crippen LogP contribution in [-0.4, -0.2) is 70.7 Å². The summed E-state index contributed by atoms with van der Waals surface area (Å²) in [4.78, 5) is 49.0. The zero-order valence-corrected chi connectivity index (χ0v) is 17.1. The van der Waals surface area contributed by atoms with E-state index in [1.165, 1.54) is 36.4 Å². The minimum atomic E-state index is -0.524. The maximum Gasteiger partial charge on any atom is 0.271 e. The van der Waals surface area contributed by atoms with Gasteiger partial charge in [0, 0.05) is 61.8 Å². The molecule has 3 rings (SSSR count). The van der Waals surface area contributed by atoms with Crippen LogP contribution >= 0.6 is 0 Å². The molecule has 2 N–H and O–H groups in total. The average Bonchev–Trinajstić information content (AvgIpc) is 2.75. The smallest absolute Gasteiger partial charge is 0.271 e. The Morgan fingerprint density at radius 1 is 0.750 bits per heavy atom. The number of carbonyl (C=O) groups excluding carboxylic acids is 2. The van der Waals surface area contributed by atoms with Crippen LogP contribution in [0.25, 0.3) is 0 Å². The molecule has 1 heterocycles. The van der Waals surface area contributed by atoms with Crippen molar-refractivity contribution in [1.29, 1.82) is 0 Å². The summed E-state index contributed by atoms with van der Waals surface area (Å²) in [5, 5.41) is 27.0. The van der Waals surface area contributed by atoms with E-state index in [1.807, 2.05) is 9.80 Å². The maximum atomic E-state index is 12.3. The first kappa shape index (κ1) is 22.8. The third kappa shape index (κ3) is 6.55. The molecule has 2 amide bonds. The van der Waals surface area contributed by atoms with Gasteiger partial charge in [0.2, 0.25) is 11.8 Å². The number of nitro groups is 2. The normalized spacial score (nSPS) is 14.5. The molecule has 1 aliphatic heterocycles. The highest BCUT2D eigenvalue weighted by Crippen LogP contribution is 2.18. The Labute approximate surface area is 183 Å². The number of hydrogen-bond donors (Lipinski definition) is 2. The molecule has 1 saturated heterocycles. The lowest BCUT2D eigenvalue weighted by Crippen LogP contribution is -2.50. The van der Waals surface area contributed by atoms with Crippen molar-refractivity contribution in [3.63, 3.8) is 0 Å². The minimum Gasteiger partial charge on any atom is -0.325 e. The van der Waals surface area contributed by atoms with Gasteiger partial charge in [-0.3, -0.25) is 39.6 Å². The largest absolute Gasteiger partial charge is 0.325 e. The van der Waals surface area contributed by atoms with Crippen molar-refractivity contribution in [1.82, 2.24) is 9.80 Å². The van der Waals surface area contributed by atoms with E-state index in [4.69, 9.17) is 0 Å². The fraction of sp³-hybridized carbons (Fsp3) is 0.300. The highest BCUT2D eigenvalue weighted by atomic mass is 16.6. The van der Waals surface area contributed by atoms with E-state index < -0.39 is 9.85 Å². The fourth-order valence-electron chi connectivity index (χ4n) is 3.31. The highest BCUT2D eigenvalue weighted by molar-refractivity contribution is 5.93. The van der Waals surface area contributed by atoms with E-state index in [0.717, 1.165) is 0 Å². The summed E-state index contributed by atoms with van der Waals surface area (Å²) in [5.41, 5.74) is 0.529. The van der Waals surface area contributed by atoms with Crippen LogP contribution < -0.4 is 10.6 Å². The number of piperazine rings is 1. The van der Waals surface area contributed by atoms with Crippen LogP contribution in [0.1, 0.15) is 0 Å². The van der Waals surface area contributed by atoms with Gasteiger partial charge in [-0.2, -0.15) is 0 Å². The van der Waals surface area contributed by atoms with Crippen molar-refractivity contribution in [3.8, 4) is 0 Å². The molecule has 12 nitrogen and oxygen atoms in total. The number of nitro benzene ring substituents is 2. The number of non-ortho nitro benzene ring substituents is 2. The Morgan fingerprint density at radius 3 is 1.47 bits per heavy atom. The van der Waals surface area contributed by atoms with Gasteiger partial charge < -0.3 is 10.6 Å². The molecule has 0 bridgehead atoms. The number of rotatable bonds is 8. The summed E-state index contributed by atoms with van der Waals surface area (Å²) in [6.45, 7) is 2.57. The van der Waals surface area contributed by atoms with Crippen LogP contribution in [0.3, 0.4) is 0 Å². The lowest BCUT2D eigenvalue weighted by Gasteiger charge is -2.33. The maximum absolute atomic E-state index is 12.3. The van der Waals surface area contributed by atoms with Crippen LogP contribution in [-0.2, 0) is 9.59 Å². The van der Waals surface area contributed by atoms with Crippen molar-refractivity contribution in [2.24, 2.45) is 0 Å². The summed E-state index contributed by atoms with van der Waals surface area (Å²) in [7, 11) is 0. The molecule has 12 heteroatoms. The van der Waals surface area contributed by atoms with Crippen molar-refractivity contribution in [3.05, 3.63) is 68.8 Å². The van der Waals surface area contributed by atoms with Gasteiger partial charge in [-0.15, -0.1) is 0 Å².